The lowest BCUT2D eigenvalue weighted by molar-refractivity contribution is -0.136. The first-order chi connectivity index (χ1) is 14.8. The maximum absolute atomic E-state index is 10.4. The molecule has 0 aromatic heterocycles. The first kappa shape index (κ1) is 29.2. The summed E-state index contributed by atoms with van der Waals surface area (Å²) in [5.74, 6) is -0.736. The number of carbonyl (C=O) groups is 1. The number of carboxylic acids is 1. The molecule has 2 nitrogen and oxygen atoms in total. The third-order valence-electron chi connectivity index (χ3n) is 6.18. The Balaban J connectivity index is 3.03. The molecule has 0 amide bonds. The van der Waals surface area contributed by atoms with Crippen LogP contribution in [0.15, 0.2) is 12.2 Å². The fourth-order valence-corrected chi connectivity index (χ4v) is 4.17. The summed E-state index contributed by atoms with van der Waals surface area (Å²) < 4.78 is 0. The largest absolute Gasteiger partial charge is 0.481 e. The van der Waals surface area contributed by atoms with Gasteiger partial charge in [-0.1, -0.05) is 154 Å². The van der Waals surface area contributed by atoms with Crippen LogP contribution in [0.4, 0.5) is 0 Å². The van der Waals surface area contributed by atoms with Crippen molar-refractivity contribution in [3.05, 3.63) is 12.2 Å². The second-order valence-corrected chi connectivity index (χ2v) is 9.28. The average molecular weight is 423 g/mol. The molecule has 0 atom stereocenters. The molecule has 0 saturated heterocycles. The smallest absolute Gasteiger partial charge is 0.307 e. The van der Waals surface area contributed by atoms with E-state index < -0.39 is 5.97 Å². The van der Waals surface area contributed by atoms with E-state index in [0.29, 0.717) is 0 Å². The van der Waals surface area contributed by atoms with Crippen molar-refractivity contribution in [2.24, 2.45) is 0 Å². The molecule has 0 aliphatic rings. The van der Waals surface area contributed by atoms with E-state index >= 15 is 0 Å². The molecule has 0 aromatic carbocycles. The third-order valence-corrected chi connectivity index (χ3v) is 6.18. The van der Waals surface area contributed by atoms with E-state index in [1.165, 1.54) is 141 Å². The molecular weight excluding hydrogens is 368 g/mol. The van der Waals surface area contributed by atoms with Gasteiger partial charge in [-0.25, -0.2) is 0 Å². The normalized spacial score (nSPS) is 11.5. The van der Waals surface area contributed by atoms with Crippen LogP contribution >= 0.6 is 0 Å². The van der Waals surface area contributed by atoms with E-state index in [9.17, 15) is 4.79 Å². The van der Waals surface area contributed by atoms with Gasteiger partial charge in [0.05, 0.1) is 6.42 Å². The fourth-order valence-electron chi connectivity index (χ4n) is 4.17. The second-order valence-electron chi connectivity index (χ2n) is 9.28. The van der Waals surface area contributed by atoms with Crippen LogP contribution in [-0.4, -0.2) is 11.1 Å². The predicted molar refractivity (Wildman–Crippen MR) is 133 cm³/mol. The van der Waals surface area contributed by atoms with Crippen molar-refractivity contribution >= 4 is 5.97 Å². The number of hydrogen-bond donors (Lipinski definition) is 1. The zero-order valence-electron chi connectivity index (χ0n) is 20.5. The number of hydrogen-bond acceptors (Lipinski definition) is 1. The van der Waals surface area contributed by atoms with E-state index in [1.54, 1.807) is 6.08 Å². The van der Waals surface area contributed by atoms with Crippen molar-refractivity contribution in [1.29, 1.82) is 0 Å². The van der Waals surface area contributed by atoms with Gasteiger partial charge >= 0.3 is 5.97 Å². The maximum atomic E-state index is 10.4. The zero-order valence-corrected chi connectivity index (χ0v) is 20.5. The Labute approximate surface area is 189 Å². The Morgan fingerprint density at radius 1 is 0.500 bits per heavy atom. The van der Waals surface area contributed by atoms with Gasteiger partial charge in [0.15, 0.2) is 0 Å². The molecule has 0 heterocycles. The van der Waals surface area contributed by atoms with Gasteiger partial charge in [-0.15, -0.1) is 0 Å². The van der Waals surface area contributed by atoms with Crippen LogP contribution in [0.25, 0.3) is 0 Å². The number of aliphatic carboxylic acids is 1. The number of unbranched alkanes of at least 4 members (excludes halogenated alkanes) is 22. The molecule has 0 spiro atoms. The standard InChI is InChI=1S/C28H54O2/c1-2-3-4-5-6-7-8-9-10-11-12-13-14-15-16-17-18-19-20-21-22-23-24-25-26-27-28(29)30/h25-26H,2-24,27H2,1H3,(H,29,30). The van der Waals surface area contributed by atoms with Crippen molar-refractivity contribution in [2.45, 2.75) is 161 Å². The Morgan fingerprint density at radius 3 is 1.10 bits per heavy atom. The summed E-state index contributed by atoms with van der Waals surface area (Å²) in [7, 11) is 0. The summed E-state index contributed by atoms with van der Waals surface area (Å²) in [4.78, 5) is 10.4. The van der Waals surface area contributed by atoms with Crippen molar-refractivity contribution < 1.29 is 9.90 Å². The van der Waals surface area contributed by atoms with Gasteiger partial charge < -0.3 is 5.11 Å². The molecule has 0 aliphatic heterocycles. The molecule has 0 aliphatic carbocycles. The fraction of sp³-hybridized carbons (Fsp3) is 0.893. The van der Waals surface area contributed by atoms with Gasteiger partial charge in [0.25, 0.3) is 0 Å². The van der Waals surface area contributed by atoms with Crippen molar-refractivity contribution in [2.75, 3.05) is 0 Å². The Bertz CT molecular complexity index is 362. The van der Waals surface area contributed by atoms with Crippen LogP contribution in [0.3, 0.4) is 0 Å². The van der Waals surface area contributed by atoms with E-state index in [4.69, 9.17) is 5.11 Å². The lowest BCUT2D eigenvalue weighted by Crippen LogP contribution is -1.89. The molecule has 0 saturated carbocycles. The van der Waals surface area contributed by atoms with Crippen molar-refractivity contribution in [3.8, 4) is 0 Å². The topological polar surface area (TPSA) is 37.3 Å². The Hall–Kier alpha value is -0.790. The lowest BCUT2D eigenvalue weighted by Gasteiger charge is -2.04. The van der Waals surface area contributed by atoms with Gasteiger partial charge in [-0.2, -0.15) is 0 Å². The average Bonchev–Trinajstić information content (AvgIpc) is 2.73. The summed E-state index contributed by atoms with van der Waals surface area (Å²) in [6.45, 7) is 2.29. The maximum Gasteiger partial charge on any atom is 0.307 e. The third kappa shape index (κ3) is 27.2. The Morgan fingerprint density at radius 2 is 0.800 bits per heavy atom. The first-order valence-electron chi connectivity index (χ1n) is 13.6. The van der Waals surface area contributed by atoms with Gasteiger partial charge in [-0.05, 0) is 12.8 Å². The summed E-state index contributed by atoms with van der Waals surface area (Å²) in [6.07, 6.45) is 36.2. The van der Waals surface area contributed by atoms with Crippen LogP contribution in [0, 0.1) is 0 Å². The molecular formula is C28H54O2. The molecule has 0 aromatic rings. The zero-order chi connectivity index (χ0) is 22.0. The van der Waals surface area contributed by atoms with Gasteiger partial charge in [0.1, 0.15) is 0 Å². The molecule has 0 rings (SSSR count). The summed E-state index contributed by atoms with van der Waals surface area (Å²) in [6, 6.07) is 0. The van der Waals surface area contributed by atoms with Gasteiger partial charge in [0.2, 0.25) is 0 Å². The van der Waals surface area contributed by atoms with Crippen molar-refractivity contribution in [3.63, 3.8) is 0 Å². The van der Waals surface area contributed by atoms with Gasteiger partial charge in [-0.3, -0.25) is 4.79 Å². The second kappa shape index (κ2) is 26.2. The highest BCUT2D eigenvalue weighted by molar-refractivity contribution is 5.68. The molecule has 0 unspecified atom stereocenters. The number of allylic oxidation sites excluding steroid dienone is 1. The van der Waals surface area contributed by atoms with E-state index in [1.807, 2.05) is 6.08 Å². The molecule has 1 N–H and O–H groups in total. The molecule has 0 radical (unpaired) electrons. The predicted octanol–water partition coefficient (Wildman–Crippen LogP) is 10.0. The SMILES string of the molecule is CCCCCCCCCCCCCCCCCCCCCCCCC=CCC(=O)O. The minimum atomic E-state index is -0.736. The molecule has 0 bridgehead atoms. The van der Waals surface area contributed by atoms with Crippen LogP contribution < -0.4 is 0 Å². The molecule has 30 heavy (non-hydrogen) atoms. The van der Waals surface area contributed by atoms with Crippen molar-refractivity contribution in [1.82, 2.24) is 0 Å². The summed E-state index contributed by atoms with van der Waals surface area (Å²) in [5.41, 5.74) is 0. The molecule has 178 valence electrons. The highest BCUT2D eigenvalue weighted by atomic mass is 16.4. The minimum Gasteiger partial charge on any atom is -0.481 e. The van der Waals surface area contributed by atoms with Gasteiger partial charge in [0, 0.05) is 0 Å². The summed E-state index contributed by atoms with van der Waals surface area (Å²) in [5, 5.41) is 8.55. The Kier molecular flexibility index (Phi) is 25.6. The van der Waals surface area contributed by atoms with Crippen LogP contribution in [0.2, 0.25) is 0 Å². The van der Waals surface area contributed by atoms with E-state index in [0.717, 1.165) is 6.42 Å². The molecule has 0 fully saturated rings. The number of rotatable bonds is 25. The van der Waals surface area contributed by atoms with Crippen LogP contribution in [0.1, 0.15) is 161 Å². The highest BCUT2D eigenvalue weighted by Gasteiger charge is 1.96. The minimum absolute atomic E-state index is 0.166. The van der Waals surface area contributed by atoms with E-state index in [2.05, 4.69) is 6.92 Å². The summed E-state index contributed by atoms with van der Waals surface area (Å²) >= 11 is 0. The highest BCUT2D eigenvalue weighted by Crippen LogP contribution is 2.15. The lowest BCUT2D eigenvalue weighted by atomic mass is 10.0. The first-order valence-corrected chi connectivity index (χ1v) is 13.6. The quantitative estimate of drug-likeness (QED) is 0.117. The van der Waals surface area contributed by atoms with Crippen LogP contribution in [0.5, 0.6) is 0 Å². The molecule has 2 heteroatoms. The van der Waals surface area contributed by atoms with E-state index in [-0.39, 0.29) is 6.42 Å². The number of carboxylic acid groups (broad SMARTS) is 1. The van der Waals surface area contributed by atoms with Crippen LogP contribution in [-0.2, 0) is 4.79 Å². The monoisotopic (exact) mass is 422 g/mol.